The third-order valence-electron chi connectivity index (χ3n) is 0.498. The average Bonchev–Trinajstić information content (AvgIpc) is 1.41. The Morgan fingerprint density at radius 1 is 1.50 bits per heavy atom. The van der Waals surface area contributed by atoms with Crippen LogP contribution in [0.4, 0.5) is 0 Å². The van der Waals surface area contributed by atoms with Crippen LogP contribution in [0.2, 0.25) is 0 Å². The zero-order chi connectivity index (χ0) is 4.12. The Morgan fingerprint density at radius 2 is 2.00 bits per heavy atom. The van der Waals surface area contributed by atoms with Crippen LogP contribution in [0.15, 0.2) is 0 Å². The van der Waals surface area contributed by atoms with Gasteiger partial charge in [-0.05, 0) is 0 Å². The molecule has 0 amide bonds. The Bertz CT molecular complexity index is 15.0. The number of hydrogen-bond donors (Lipinski definition) is 0. The fourth-order valence-electron chi connectivity index (χ4n) is 0.144. The van der Waals surface area contributed by atoms with Crippen molar-refractivity contribution < 1.29 is 26.8 Å². The molecule has 0 aliphatic rings. The maximum absolute atomic E-state index is 9.53. The topological polar surface area (TPSA) is 23.1 Å². The predicted octanol–water partition coefficient (Wildman–Crippen LogP) is 0.144. The molecule has 0 aromatic heterocycles. The first kappa shape index (κ1) is 9.84. The monoisotopic (exact) mass is 121 g/mol. The van der Waals surface area contributed by atoms with Gasteiger partial charge in [-0.15, -0.1) is 6.61 Å². The van der Waals surface area contributed by atoms with Gasteiger partial charge in [0.1, 0.15) is 0 Å². The van der Waals surface area contributed by atoms with Crippen molar-refractivity contribution in [2.75, 3.05) is 6.61 Å². The van der Waals surface area contributed by atoms with Crippen LogP contribution in [0.1, 0.15) is 19.8 Å². The van der Waals surface area contributed by atoms with E-state index in [4.69, 9.17) is 0 Å². The first-order valence-electron chi connectivity index (χ1n) is 2.00. The molecule has 0 aromatic rings. The quantitative estimate of drug-likeness (QED) is 0.476. The maximum Gasteiger partial charge on any atom is 4.00 e. The van der Waals surface area contributed by atoms with E-state index < -0.39 is 0 Å². The molecular formula is C4H9OTi+3. The van der Waals surface area contributed by atoms with Gasteiger partial charge in [0, 0.05) is 0 Å². The first-order valence-corrected chi connectivity index (χ1v) is 2.00. The molecule has 0 aromatic carbocycles. The Kier molecular flexibility index (Phi) is 15.1. The Hall–Kier alpha value is 0.674. The van der Waals surface area contributed by atoms with Crippen molar-refractivity contribution in [3.8, 4) is 0 Å². The van der Waals surface area contributed by atoms with Gasteiger partial charge in [0.25, 0.3) is 0 Å². The van der Waals surface area contributed by atoms with Gasteiger partial charge in [-0.25, -0.2) is 0 Å². The van der Waals surface area contributed by atoms with Crippen molar-refractivity contribution in [1.29, 1.82) is 0 Å². The third-order valence-corrected chi connectivity index (χ3v) is 0.498. The van der Waals surface area contributed by atoms with Crippen LogP contribution in [0.25, 0.3) is 0 Å². The second-order valence-corrected chi connectivity index (χ2v) is 1.06. The van der Waals surface area contributed by atoms with Crippen LogP contribution in [-0.4, -0.2) is 6.61 Å². The van der Waals surface area contributed by atoms with Gasteiger partial charge in [-0.3, -0.25) is 0 Å². The minimum atomic E-state index is 0. The first-order chi connectivity index (χ1) is 2.41. The minimum absolute atomic E-state index is 0. The van der Waals surface area contributed by atoms with Crippen molar-refractivity contribution >= 4 is 0 Å². The summed E-state index contributed by atoms with van der Waals surface area (Å²) in [6, 6.07) is 0. The summed E-state index contributed by atoms with van der Waals surface area (Å²) in [4.78, 5) is 0. The molecule has 0 saturated heterocycles. The molecule has 0 radical (unpaired) electrons. The molecule has 0 rings (SSSR count). The molecule has 0 aliphatic carbocycles. The molecular weight excluding hydrogens is 112 g/mol. The molecule has 2 heteroatoms. The SMILES string of the molecule is CCCC[O-].[Ti+4]. The van der Waals surface area contributed by atoms with E-state index in [-0.39, 0.29) is 28.3 Å². The largest absolute Gasteiger partial charge is 4.00 e. The van der Waals surface area contributed by atoms with Crippen molar-refractivity contribution in [2.45, 2.75) is 19.8 Å². The summed E-state index contributed by atoms with van der Waals surface area (Å²) in [5.74, 6) is 0. The predicted molar refractivity (Wildman–Crippen MR) is 19.8 cm³/mol. The van der Waals surface area contributed by atoms with E-state index in [9.17, 15) is 5.11 Å². The molecule has 0 bridgehead atoms. The molecule has 0 saturated carbocycles. The van der Waals surface area contributed by atoms with Gasteiger partial charge in [-0.2, -0.15) is 0 Å². The number of unbranched alkanes of at least 4 members (excludes halogenated alkanes) is 1. The van der Waals surface area contributed by atoms with Crippen LogP contribution in [0, 0.1) is 0 Å². The fraction of sp³-hybridized carbons (Fsp3) is 1.00. The summed E-state index contributed by atoms with van der Waals surface area (Å²) < 4.78 is 0. The average molecular weight is 121 g/mol. The molecule has 6 heavy (non-hydrogen) atoms. The standard InChI is InChI=1S/C4H9O.Ti/c1-2-3-4-5;/h2-4H2,1H3;/q-1;+4. The summed E-state index contributed by atoms with van der Waals surface area (Å²) >= 11 is 0. The van der Waals surface area contributed by atoms with Crippen molar-refractivity contribution in [3.63, 3.8) is 0 Å². The third kappa shape index (κ3) is 8.82. The van der Waals surface area contributed by atoms with E-state index in [1.54, 1.807) is 0 Å². The molecule has 0 fully saturated rings. The van der Waals surface area contributed by atoms with Gasteiger partial charge in [0.05, 0.1) is 0 Å². The van der Waals surface area contributed by atoms with E-state index in [0.717, 1.165) is 12.8 Å². The van der Waals surface area contributed by atoms with Crippen molar-refractivity contribution in [2.24, 2.45) is 0 Å². The Labute approximate surface area is 53.6 Å². The summed E-state index contributed by atoms with van der Waals surface area (Å²) in [7, 11) is 0. The maximum atomic E-state index is 9.53. The molecule has 0 heterocycles. The van der Waals surface area contributed by atoms with E-state index in [0.29, 0.717) is 0 Å². The summed E-state index contributed by atoms with van der Waals surface area (Å²) in [6.45, 7) is 2.11. The molecule has 0 atom stereocenters. The second kappa shape index (κ2) is 9.18. The van der Waals surface area contributed by atoms with E-state index >= 15 is 0 Å². The van der Waals surface area contributed by atoms with Crippen LogP contribution in [0.3, 0.4) is 0 Å². The Morgan fingerprint density at radius 3 is 2.00 bits per heavy atom. The second-order valence-electron chi connectivity index (χ2n) is 1.06. The van der Waals surface area contributed by atoms with Crippen molar-refractivity contribution in [1.82, 2.24) is 0 Å². The number of rotatable bonds is 2. The zero-order valence-corrected chi connectivity index (χ0v) is 5.59. The van der Waals surface area contributed by atoms with E-state index in [2.05, 4.69) is 0 Å². The Balaban J connectivity index is 0. The summed E-state index contributed by atoms with van der Waals surface area (Å²) in [5, 5.41) is 9.53. The van der Waals surface area contributed by atoms with Gasteiger partial charge >= 0.3 is 21.7 Å². The van der Waals surface area contributed by atoms with E-state index in [1.165, 1.54) is 0 Å². The van der Waals surface area contributed by atoms with Crippen LogP contribution < -0.4 is 5.11 Å². The molecule has 0 unspecified atom stereocenters. The normalized spacial score (nSPS) is 7.00. The molecule has 0 aliphatic heterocycles. The van der Waals surface area contributed by atoms with Gasteiger partial charge in [-0.1, -0.05) is 19.8 Å². The molecule has 0 N–H and O–H groups in total. The number of hydrogen-bond acceptors (Lipinski definition) is 1. The minimum Gasteiger partial charge on any atom is -0.854 e. The van der Waals surface area contributed by atoms with Gasteiger partial charge in [0.2, 0.25) is 0 Å². The summed E-state index contributed by atoms with van der Waals surface area (Å²) in [6.07, 6.45) is 1.86. The van der Waals surface area contributed by atoms with Crippen molar-refractivity contribution in [3.05, 3.63) is 0 Å². The van der Waals surface area contributed by atoms with Crippen LogP contribution in [-0.2, 0) is 21.7 Å². The summed E-state index contributed by atoms with van der Waals surface area (Å²) in [5.41, 5.74) is 0. The fourth-order valence-corrected chi connectivity index (χ4v) is 0.144. The van der Waals surface area contributed by atoms with E-state index in [1.807, 2.05) is 6.92 Å². The van der Waals surface area contributed by atoms with Crippen LogP contribution in [0.5, 0.6) is 0 Å². The van der Waals surface area contributed by atoms with Gasteiger partial charge in [0.15, 0.2) is 0 Å². The zero-order valence-electron chi connectivity index (χ0n) is 4.03. The molecule has 1 nitrogen and oxygen atoms in total. The molecule has 32 valence electrons. The molecule has 0 spiro atoms. The smallest absolute Gasteiger partial charge is 0.854 e. The van der Waals surface area contributed by atoms with Gasteiger partial charge < -0.3 is 5.11 Å². The van der Waals surface area contributed by atoms with Crippen LogP contribution >= 0.6 is 0 Å².